The summed E-state index contributed by atoms with van der Waals surface area (Å²) < 4.78 is 0. The van der Waals surface area contributed by atoms with Gasteiger partial charge in [0.1, 0.15) is 0 Å². The van der Waals surface area contributed by atoms with Crippen LogP contribution in [-0.4, -0.2) is 17.4 Å². The quantitative estimate of drug-likeness (QED) is 0.751. The van der Waals surface area contributed by atoms with Crippen LogP contribution in [0.4, 0.5) is 0 Å². The first-order valence-corrected chi connectivity index (χ1v) is 7.96. The van der Waals surface area contributed by atoms with Crippen molar-refractivity contribution in [3.05, 3.63) is 35.9 Å². The summed E-state index contributed by atoms with van der Waals surface area (Å²) in [5, 5.41) is 0. The van der Waals surface area contributed by atoms with E-state index in [0.717, 1.165) is 18.9 Å². The number of rotatable bonds is 6. The van der Waals surface area contributed by atoms with Crippen LogP contribution < -0.4 is 0 Å². The third kappa shape index (κ3) is 3.62. The van der Waals surface area contributed by atoms with Crippen molar-refractivity contribution in [2.24, 2.45) is 11.8 Å². The van der Waals surface area contributed by atoms with Crippen LogP contribution in [0.5, 0.6) is 0 Å². The van der Waals surface area contributed by atoms with Gasteiger partial charge in [0, 0.05) is 13.0 Å². The van der Waals surface area contributed by atoms with Crippen LogP contribution in [0.3, 0.4) is 0 Å². The van der Waals surface area contributed by atoms with Crippen LogP contribution in [0.2, 0.25) is 0 Å². The van der Waals surface area contributed by atoms with Crippen LogP contribution in [0.1, 0.15) is 58.1 Å². The van der Waals surface area contributed by atoms with Gasteiger partial charge in [-0.25, -0.2) is 0 Å². The van der Waals surface area contributed by atoms with Crippen LogP contribution in [0.15, 0.2) is 30.3 Å². The monoisotopic (exact) mass is 273 g/mol. The fraction of sp³-hybridized carbons (Fsp3) is 0.611. The van der Waals surface area contributed by atoms with E-state index in [1.807, 2.05) is 18.2 Å². The number of hydrogen-bond donors (Lipinski definition) is 0. The number of amides is 1. The lowest BCUT2D eigenvalue weighted by Crippen LogP contribution is -2.28. The second-order valence-electron chi connectivity index (χ2n) is 6.33. The zero-order valence-electron chi connectivity index (χ0n) is 13.0. The Morgan fingerprint density at radius 3 is 2.60 bits per heavy atom. The Balaban J connectivity index is 1.95. The molecular weight excluding hydrogens is 246 g/mol. The van der Waals surface area contributed by atoms with Gasteiger partial charge in [-0.05, 0) is 30.7 Å². The molecule has 1 aliphatic heterocycles. The van der Waals surface area contributed by atoms with Crippen molar-refractivity contribution in [2.45, 2.75) is 52.5 Å². The Kier molecular flexibility index (Phi) is 5.22. The molecule has 0 N–H and O–H groups in total. The zero-order valence-corrected chi connectivity index (χ0v) is 13.0. The molecule has 0 saturated carbocycles. The molecule has 1 aromatic rings. The largest absolute Gasteiger partial charge is 0.336 e. The minimum Gasteiger partial charge on any atom is -0.336 e. The SMILES string of the molecule is CCCC(C)CC1CC(=O)N(C(C)c2ccccc2)C1. The van der Waals surface area contributed by atoms with Crippen molar-refractivity contribution in [3.63, 3.8) is 0 Å². The lowest BCUT2D eigenvalue weighted by molar-refractivity contribution is -0.129. The van der Waals surface area contributed by atoms with Gasteiger partial charge in [0.2, 0.25) is 5.91 Å². The summed E-state index contributed by atoms with van der Waals surface area (Å²) in [5.74, 6) is 1.62. The van der Waals surface area contributed by atoms with Crippen molar-refractivity contribution < 1.29 is 4.79 Å². The first-order chi connectivity index (χ1) is 9.61. The summed E-state index contributed by atoms with van der Waals surface area (Å²) in [6.45, 7) is 7.63. The molecule has 2 rings (SSSR count). The normalized spacial score (nSPS) is 22.1. The highest BCUT2D eigenvalue weighted by atomic mass is 16.2. The summed E-state index contributed by atoms with van der Waals surface area (Å²) in [6.07, 6.45) is 4.45. The summed E-state index contributed by atoms with van der Waals surface area (Å²) in [6, 6.07) is 10.6. The standard InChI is InChI=1S/C18H27NO/c1-4-8-14(2)11-16-12-18(20)19(13-16)15(3)17-9-6-5-7-10-17/h5-7,9-10,14-16H,4,8,11-13H2,1-3H3. The van der Waals surface area contributed by atoms with Crippen molar-refractivity contribution >= 4 is 5.91 Å². The van der Waals surface area contributed by atoms with Crippen LogP contribution in [0.25, 0.3) is 0 Å². The fourth-order valence-corrected chi connectivity index (χ4v) is 3.43. The number of likely N-dealkylation sites (tertiary alicyclic amines) is 1. The van der Waals surface area contributed by atoms with Gasteiger partial charge >= 0.3 is 0 Å². The van der Waals surface area contributed by atoms with Crippen LogP contribution in [0, 0.1) is 11.8 Å². The third-order valence-electron chi connectivity index (χ3n) is 4.51. The van der Waals surface area contributed by atoms with Crippen LogP contribution in [-0.2, 0) is 4.79 Å². The molecule has 0 spiro atoms. The smallest absolute Gasteiger partial charge is 0.223 e. The lowest BCUT2D eigenvalue weighted by Gasteiger charge is -2.25. The fourth-order valence-electron chi connectivity index (χ4n) is 3.43. The van der Waals surface area contributed by atoms with Gasteiger partial charge in [0.15, 0.2) is 0 Å². The van der Waals surface area contributed by atoms with E-state index >= 15 is 0 Å². The average Bonchev–Trinajstić information content (AvgIpc) is 2.80. The van der Waals surface area contributed by atoms with E-state index < -0.39 is 0 Å². The first kappa shape index (κ1) is 15.1. The van der Waals surface area contributed by atoms with Crippen molar-refractivity contribution in [2.75, 3.05) is 6.54 Å². The average molecular weight is 273 g/mol. The Morgan fingerprint density at radius 1 is 1.25 bits per heavy atom. The summed E-state index contributed by atoms with van der Waals surface area (Å²) >= 11 is 0. The molecule has 0 radical (unpaired) electrons. The molecule has 1 aliphatic rings. The maximum atomic E-state index is 12.3. The molecule has 2 heteroatoms. The molecule has 0 aliphatic carbocycles. The predicted molar refractivity (Wildman–Crippen MR) is 83.4 cm³/mol. The molecule has 0 aromatic heterocycles. The highest BCUT2D eigenvalue weighted by Gasteiger charge is 2.33. The summed E-state index contributed by atoms with van der Waals surface area (Å²) in [4.78, 5) is 14.3. The predicted octanol–water partition coefficient (Wildman–Crippen LogP) is 4.42. The molecular formula is C18H27NO. The van der Waals surface area contributed by atoms with E-state index in [1.165, 1.54) is 24.8 Å². The minimum atomic E-state index is 0.204. The van der Waals surface area contributed by atoms with E-state index in [9.17, 15) is 4.79 Å². The Bertz CT molecular complexity index is 428. The van der Waals surface area contributed by atoms with Gasteiger partial charge in [-0.1, -0.05) is 57.0 Å². The van der Waals surface area contributed by atoms with E-state index in [2.05, 4.69) is 37.8 Å². The van der Waals surface area contributed by atoms with Crippen LogP contribution >= 0.6 is 0 Å². The van der Waals surface area contributed by atoms with E-state index in [0.29, 0.717) is 11.8 Å². The molecule has 1 heterocycles. The molecule has 3 unspecified atom stereocenters. The van der Waals surface area contributed by atoms with Gasteiger partial charge in [-0.3, -0.25) is 4.79 Å². The highest BCUT2D eigenvalue weighted by Crippen LogP contribution is 2.32. The topological polar surface area (TPSA) is 20.3 Å². The van der Waals surface area contributed by atoms with Crippen molar-refractivity contribution in [1.29, 1.82) is 0 Å². The Labute approximate surface area is 123 Å². The highest BCUT2D eigenvalue weighted by molar-refractivity contribution is 5.79. The van der Waals surface area contributed by atoms with Gasteiger partial charge < -0.3 is 4.90 Å². The van der Waals surface area contributed by atoms with Gasteiger partial charge in [-0.2, -0.15) is 0 Å². The second kappa shape index (κ2) is 6.92. The molecule has 110 valence electrons. The van der Waals surface area contributed by atoms with Gasteiger partial charge in [0.25, 0.3) is 0 Å². The minimum absolute atomic E-state index is 0.204. The van der Waals surface area contributed by atoms with E-state index in [4.69, 9.17) is 0 Å². The first-order valence-electron chi connectivity index (χ1n) is 7.96. The number of benzene rings is 1. The summed E-state index contributed by atoms with van der Waals surface area (Å²) in [7, 11) is 0. The van der Waals surface area contributed by atoms with E-state index in [1.54, 1.807) is 0 Å². The molecule has 3 atom stereocenters. The number of nitrogens with zero attached hydrogens (tertiary/aromatic N) is 1. The molecule has 1 fully saturated rings. The maximum absolute atomic E-state index is 12.3. The lowest BCUT2D eigenvalue weighted by atomic mass is 9.92. The molecule has 20 heavy (non-hydrogen) atoms. The van der Waals surface area contributed by atoms with Gasteiger partial charge in [-0.15, -0.1) is 0 Å². The zero-order chi connectivity index (χ0) is 14.5. The third-order valence-corrected chi connectivity index (χ3v) is 4.51. The van der Waals surface area contributed by atoms with Gasteiger partial charge in [0.05, 0.1) is 6.04 Å². The molecule has 2 nitrogen and oxygen atoms in total. The number of hydrogen-bond acceptors (Lipinski definition) is 1. The Morgan fingerprint density at radius 2 is 1.95 bits per heavy atom. The molecule has 1 aromatic carbocycles. The molecule has 1 amide bonds. The Hall–Kier alpha value is -1.31. The van der Waals surface area contributed by atoms with Crippen molar-refractivity contribution in [3.8, 4) is 0 Å². The maximum Gasteiger partial charge on any atom is 0.223 e. The van der Waals surface area contributed by atoms with E-state index in [-0.39, 0.29) is 6.04 Å². The number of carbonyl (C=O) groups is 1. The van der Waals surface area contributed by atoms with Crippen molar-refractivity contribution in [1.82, 2.24) is 4.90 Å². The molecule has 1 saturated heterocycles. The summed E-state index contributed by atoms with van der Waals surface area (Å²) in [5.41, 5.74) is 1.24. The number of carbonyl (C=O) groups excluding carboxylic acids is 1. The second-order valence-corrected chi connectivity index (χ2v) is 6.33. The molecule has 0 bridgehead atoms.